The van der Waals surface area contributed by atoms with Crippen molar-refractivity contribution in [2.75, 3.05) is 7.11 Å². The molecule has 2 rings (SSSR count). The Hall–Kier alpha value is -2.10. The van der Waals surface area contributed by atoms with Crippen LogP contribution in [0.15, 0.2) is 24.4 Å². The van der Waals surface area contributed by atoms with Crippen LogP contribution in [0.4, 0.5) is 0 Å². The fraction of sp³-hybridized carbons (Fsp3) is 0.333. The molecule has 4 heteroatoms. The van der Waals surface area contributed by atoms with Crippen molar-refractivity contribution in [2.45, 2.75) is 26.8 Å². The molecule has 2 aromatic rings. The summed E-state index contributed by atoms with van der Waals surface area (Å²) in [5, 5.41) is 4.48. The van der Waals surface area contributed by atoms with Crippen LogP contribution in [-0.4, -0.2) is 23.2 Å². The van der Waals surface area contributed by atoms with Crippen LogP contribution in [0.5, 0.6) is 5.75 Å². The summed E-state index contributed by atoms with van der Waals surface area (Å²) in [6.07, 6.45) is 2.82. The molecule has 0 unspecified atom stereocenters. The molecular weight excluding hydrogens is 240 g/mol. The van der Waals surface area contributed by atoms with E-state index in [1.54, 1.807) is 7.11 Å². The van der Waals surface area contributed by atoms with Crippen molar-refractivity contribution >= 4 is 6.29 Å². The molecule has 0 aliphatic rings. The lowest BCUT2D eigenvalue weighted by Gasteiger charge is -2.06. The molecule has 0 saturated heterocycles. The zero-order valence-corrected chi connectivity index (χ0v) is 11.7. The standard InChI is InChI=1S/C15H18N2O2/c1-10(2)17-8-14(11(3)16-17)12-5-6-15(19-4)13(7-12)9-18/h5-10H,1-4H3. The van der Waals surface area contributed by atoms with Crippen molar-refractivity contribution in [3.8, 4) is 16.9 Å². The Kier molecular flexibility index (Phi) is 3.69. The van der Waals surface area contributed by atoms with E-state index in [2.05, 4.69) is 18.9 Å². The summed E-state index contributed by atoms with van der Waals surface area (Å²) in [4.78, 5) is 11.1. The summed E-state index contributed by atoms with van der Waals surface area (Å²) >= 11 is 0. The Morgan fingerprint density at radius 2 is 2.11 bits per heavy atom. The SMILES string of the molecule is COc1ccc(-c2cn(C(C)C)nc2C)cc1C=O. The molecule has 1 aromatic carbocycles. The smallest absolute Gasteiger partial charge is 0.153 e. The van der Waals surface area contributed by atoms with Gasteiger partial charge in [0.25, 0.3) is 0 Å². The average molecular weight is 258 g/mol. The third kappa shape index (κ3) is 2.52. The van der Waals surface area contributed by atoms with E-state index in [4.69, 9.17) is 4.74 Å². The van der Waals surface area contributed by atoms with Crippen molar-refractivity contribution in [1.82, 2.24) is 9.78 Å². The Morgan fingerprint density at radius 3 is 2.63 bits per heavy atom. The van der Waals surface area contributed by atoms with Crippen molar-refractivity contribution in [1.29, 1.82) is 0 Å². The molecule has 0 N–H and O–H groups in total. The molecule has 0 atom stereocenters. The highest BCUT2D eigenvalue weighted by atomic mass is 16.5. The van der Waals surface area contributed by atoms with Crippen LogP contribution in [0.2, 0.25) is 0 Å². The van der Waals surface area contributed by atoms with Crippen LogP contribution < -0.4 is 4.74 Å². The third-order valence-electron chi connectivity index (χ3n) is 3.11. The number of carbonyl (C=O) groups excluding carboxylic acids is 1. The fourth-order valence-corrected chi connectivity index (χ4v) is 2.02. The van der Waals surface area contributed by atoms with Gasteiger partial charge in [-0.3, -0.25) is 9.48 Å². The maximum Gasteiger partial charge on any atom is 0.153 e. The summed E-state index contributed by atoms with van der Waals surface area (Å²) < 4.78 is 7.07. The number of methoxy groups -OCH3 is 1. The number of carbonyl (C=O) groups is 1. The maximum absolute atomic E-state index is 11.1. The number of hydrogen-bond acceptors (Lipinski definition) is 3. The second kappa shape index (κ2) is 5.26. The van der Waals surface area contributed by atoms with Gasteiger partial charge < -0.3 is 4.74 Å². The quantitative estimate of drug-likeness (QED) is 0.791. The van der Waals surface area contributed by atoms with E-state index in [0.29, 0.717) is 17.4 Å². The molecule has 1 heterocycles. The Balaban J connectivity index is 2.50. The van der Waals surface area contributed by atoms with E-state index in [1.165, 1.54) is 0 Å². The molecule has 0 fully saturated rings. The van der Waals surface area contributed by atoms with E-state index in [0.717, 1.165) is 23.1 Å². The molecule has 0 aliphatic carbocycles. The van der Waals surface area contributed by atoms with Crippen LogP contribution in [0.1, 0.15) is 35.9 Å². The minimum absolute atomic E-state index is 0.316. The monoisotopic (exact) mass is 258 g/mol. The van der Waals surface area contributed by atoms with Gasteiger partial charge >= 0.3 is 0 Å². The molecule has 1 aromatic heterocycles. The van der Waals surface area contributed by atoms with Gasteiger partial charge in [-0.2, -0.15) is 5.10 Å². The number of hydrogen-bond donors (Lipinski definition) is 0. The topological polar surface area (TPSA) is 44.1 Å². The van der Waals surface area contributed by atoms with Gasteiger partial charge in [-0.25, -0.2) is 0 Å². The summed E-state index contributed by atoms with van der Waals surface area (Å²) in [5.74, 6) is 0.590. The number of benzene rings is 1. The molecule has 0 spiro atoms. The Bertz CT molecular complexity index is 600. The van der Waals surface area contributed by atoms with Crippen LogP contribution in [0.3, 0.4) is 0 Å². The van der Waals surface area contributed by atoms with E-state index in [-0.39, 0.29) is 0 Å². The zero-order valence-electron chi connectivity index (χ0n) is 11.7. The third-order valence-corrected chi connectivity index (χ3v) is 3.11. The number of rotatable bonds is 4. The van der Waals surface area contributed by atoms with E-state index in [9.17, 15) is 4.79 Å². The highest BCUT2D eigenvalue weighted by Gasteiger charge is 2.11. The van der Waals surface area contributed by atoms with Gasteiger partial charge in [0.1, 0.15) is 5.75 Å². The molecular formula is C15H18N2O2. The average Bonchev–Trinajstić information content (AvgIpc) is 2.80. The number of aryl methyl sites for hydroxylation is 1. The largest absolute Gasteiger partial charge is 0.496 e. The normalized spacial score (nSPS) is 10.8. The molecule has 0 bridgehead atoms. The molecule has 19 heavy (non-hydrogen) atoms. The first-order valence-electron chi connectivity index (χ1n) is 6.26. The predicted octanol–water partition coefficient (Wildman–Crippen LogP) is 3.26. The summed E-state index contributed by atoms with van der Waals surface area (Å²) in [6.45, 7) is 6.14. The van der Waals surface area contributed by atoms with Crippen molar-refractivity contribution in [3.63, 3.8) is 0 Å². The van der Waals surface area contributed by atoms with Gasteiger partial charge in [-0.05, 0) is 38.5 Å². The van der Waals surface area contributed by atoms with E-state index in [1.807, 2.05) is 36.0 Å². The van der Waals surface area contributed by atoms with Gasteiger partial charge in [0.2, 0.25) is 0 Å². The van der Waals surface area contributed by atoms with Crippen molar-refractivity contribution in [3.05, 3.63) is 35.7 Å². The van der Waals surface area contributed by atoms with E-state index < -0.39 is 0 Å². The van der Waals surface area contributed by atoms with Gasteiger partial charge in [0.05, 0.1) is 18.4 Å². The maximum atomic E-state index is 11.1. The number of ether oxygens (including phenoxy) is 1. The lowest BCUT2D eigenvalue weighted by atomic mass is 10.0. The second-order valence-electron chi connectivity index (χ2n) is 4.78. The molecule has 100 valence electrons. The molecule has 0 amide bonds. The minimum Gasteiger partial charge on any atom is -0.496 e. The number of aldehydes is 1. The minimum atomic E-state index is 0.316. The second-order valence-corrected chi connectivity index (χ2v) is 4.78. The van der Waals surface area contributed by atoms with Crippen LogP contribution >= 0.6 is 0 Å². The lowest BCUT2D eigenvalue weighted by molar-refractivity contribution is 0.112. The van der Waals surface area contributed by atoms with Crippen LogP contribution in [0.25, 0.3) is 11.1 Å². The number of aromatic nitrogens is 2. The zero-order chi connectivity index (χ0) is 14.0. The van der Waals surface area contributed by atoms with E-state index >= 15 is 0 Å². The van der Waals surface area contributed by atoms with Crippen LogP contribution in [0, 0.1) is 6.92 Å². The summed E-state index contributed by atoms with van der Waals surface area (Å²) in [7, 11) is 1.56. The molecule has 0 radical (unpaired) electrons. The summed E-state index contributed by atoms with van der Waals surface area (Å²) in [5.41, 5.74) is 3.53. The number of nitrogens with zero attached hydrogens (tertiary/aromatic N) is 2. The first-order valence-corrected chi connectivity index (χ1v) is 6.26. The van der Waals surface area contributed by atoms with Gasteiger partial charge in [0.15, 0.2) is 6.29 Å². The van der Waals surface area contributed by atoms with Crippen molar-refractivity contribution in [2.24, 2.45) is 0 Å². The predicted molar refractivity (Wildman–Crippen MR) is 74.7 cm³/mol. The molecule has 4 nitrogen and oxygen atoms in total. The Labute approximate surface area is 113 Å². The lowest BCUT2D eigenvalue weighted by Crippen LogP contribution is -2.00. The first-order chi connectivity index (χ1) is 9.06. The highest BCUT2D eigenvalue weighted by Crippen LogP contribution is 2.28. The van der Waals surface area contributed by atoms with Gasteiger partial charge in [-0.1, -0.05) is 6.07 Å². The van der Waals surface area contributed by atoms with Crippen molar-refractivity contribution < 1.29 is 9.53 Å². The first kappa shape index (κ1) is 13.3. The van der Waals surface area contributed by atoms with Gasteiger partial charge in [0, 0.05) is 17.8 Å². The summed E-state index contributed by atoms with van der Waals surface area (Å²) in [6, 6.07) is 5.91. The van der Waals surface area contributed by atoms with Crippen LogP contribution in [-0.2, 0) is 0 Å². The Morgan fingerprint density at radius 1 is 1.37 bits per heavy atom. The fourth-order valence-electron chi connectivity index (χ4n) is 2.02. The molecule has 0 aliphatic heterocycles. The van der Waals surface area contributed by atoms with Gasteiger partial charge in [-0.15, -0.1) is 0 Å². The molecule has 0 saturated carbocycles. The highest BCUT2D eigenvalue weighted by molar-refractivity contribution is 5.83.